The largest absolute Gasteiger partial charge is 0.324 e. The minimum absolute atomic E-state index is 0.0559. The molecule has 0 radical (unpaired) electrons. The topological polar surface area (TPSA) is 59.8 Å². The summed E-state index contributed by atoms with van der Waals surface area (Å²) in [7, 11) is 0. The van der Waals surface area contributed by atoms with E-state index >= 15 is 0 Å². The molecule has 0 aliphatic rings. The summed E-state index contributed by atoms with van der Waals surface area (Å²) in [5.41, 5.74) is 1.62. The predicted molar refractivity (Wildman–Crippen MR) is 77.4 cm³/mol. The Morgan fingerprint density at radius 1 is 0.900 bits per heavy atom. The van der Waals surface area contributed by atoms with E-state index in [9.17, 15) is 4.79 Å². The maximum absolute atomic E-state index is 11.7. The van der Waals surface area contributed by atoms with Crippen LogP contribution in [0.1, 0.15) is 0 Å². The van der Waals surface area contributed by atoms with Crippen molar-refractivity contribution in [3.63, 3.8) is 0 Å². The second-order valence-electron chi connectivity index (χ2n) is 4.15. The van der Waals surface area contributed by atoms with E-state index in [0.29, 0.717) is 5.95 Å². The molecule has 0 unspecified atom stereocenters. The van der Waals surface area contributed by atoms with Crippen molar-refractivity contribution < 1.29 is 0 Å². The van der Waals surface area contributed by atoms with Crippen LogP contribution in [0.25, 0.3) is 5.69 Å². The summed E-state index contributed by atoms with van der Waals surface area (Å²) in [6.45, 7) is 0. The number of pyridine rings is 1. The average molecular weight is 264 g/mol. The molecule has 0 spiro atoms. The number of hydrogen-bond donors (Lipinski definition) is 1. The fourth-order valence-corrected chi connectivity index (χ4v) is 1.84. The Morgan fingerprint density at radius 3 is 2.35 bits per heavy atom. The third-order valence-corrected chi connectivity index (χ3v) is 2.79. The highest BCUT2D eigenvalue weighted by molar-refractivity contribution is 5.55. The molecule has 0 aliphatic heterocycles. The summed E-state index contributed by atoms with van der Waals surface area (Å²) in [5.74, 6) is 0.539. The molecule has 1 N–H and O–H groups in total. The Bertz CT molecular complexity index is 751. The molecule has 5 nitrogen and oxygen atoms in total. The highest BCUT2D eigenvalue weighted by atomic mass is 16.1. The molecule has 0 saturated heterocycles. The van der Waals surface area contributed by atoms with E-state index in [1.807, 2.05) is 30.3 Å². The quantitative estimate of drug-likeness (QED) is 0.789. The zero-order valence-electron chi connectivity index (χ0n) is 10.6. The highest BCUT2D eigenvalue weighted by Gasteiger charge is 2.00. The number of nitrogens with one attached hydrogen (secondary N) is 1. The smallest absolute Gasteiger partial charge is 0.255 e. The number of nitrogens with zero attached hydrogens (tertiary/aromatic N) is 3. The van der Waals surface area contributed by atoms with E-state index in [1.165, 1.54) is 6.07 Å². The third-order valence-electron chi connectivity index (χ3n) is 2.79. The van der Waals surface area contributed by atoms with Gasteiger partial charge in [-0.2, -0.15) is 0 Å². The minimum Gasteiger partial charge on any atom is -0.324 e. The molecule has 1 aromatic carbocycles. The first-order valence-corrected chi connectivity index (χ1v) is 6.15. The van der Waals surface area contributed by atoms with Gasteiger partial charge in [0.15, 0.2) is 0 Å². The average Bonchev–Trinajstić information content (AvgIpc) is 2.50. The van der Waals surface area contributed by atoms with Gasteiger partial charge in [-0.25, -0.2) is 9.97 Å². The molecular weight excluding hydrogens is 252 g/mol. The van der Waals surface area contributed by atoms with Crippen LogP contribution in [0.3, 0.4) is 0 Å². The summed E-state index contributed by atoms with van der Waals surface area (Å²) >= 11 is 0. The Hall–Kier alpha value is -2.95. The van der Waals surface area contributed by atoms with Crippen LogP contribution in [0.2, 0.25) is 0 Å². The highest BCUT2D eigenvalue weighted by Crippen LogP contribution is 2.14. The molecule has 5 heteroatoms. The second-order valence-corrected chi connectivity index (χ2v) is 4.15. The van der Waals surface area contributed by atoms with Crippen LogP contribution in [-0.2, 0) is 0 Å². The van der Waals surface area contributed by atoms with Gasteiger partial charge in [0.1, 0.15) is 0 Å². The summed E-state index contributed by atoms with van der Waals surface area (Å²) in [5, 5.41) is 3.09. The Balaban J connectivity index is 1.85. The molecule has 0 atom stereocenters. The van der Waals surface area contributed by atoms with E-state index in [1.54, 1.807) is 35.3 Å². The zero-order valence-corrected chi connectivity index (χ0v) is 10.6. The van der Waals surface area contributed by atoms with Gasteiger partial charge < -0.3 is 5.32 Å². The number of aromatic nitrogens is 3. The van der Waals surface area contributed by atoms with E-state index < -0.39 is 0 Å². The first-order chi connectivity index (χ1) is 9.83. The lowest BCUT2D eigenvalue weighted by molar-refractivity contribution is 0.990. The normalized spacial score (nSPS) is 10.2. The third kappa shape index (κ3) is 2.56. The maximum Gasteiger partial charge on any atom is 0.255 e. The van der Waals surface area contributed by atoms with E-state index in [2.05, 4.69) is 15.3 Å². The molecule has 0 saturated carbocycles. The molecule has 20 heavy (non-hydrogen) atoms. The summed E-state index contributed by atoms with van der Waals surface area (Å²) in [6, 6.07) is 14.3. The second kappa shape index (κ2) is 5.36. The molecule has 2 aromatic heterocycles. The van der Waals surface area contributed by atoms with Crippen LogP contribution in [0, 0.1) is 0 Å². The summed E-state index contributed by atoms with van der Waals surface area (Å²) < 4.78 is 1.59. The fraction of sp³-hybridized carbons (Fsp3) is 0. The van der Waals surface area contributed by atoms with Crippen LogP contribution in [0.4, 0.5) is 11.6 Å². The number of benzene rings is 1. The Kier molecular flexibility index (Phi) is 3.24. The van der Waals surface area contributed by atoms with Crippen LogP contribution >= 0.6 is 0 Å². The molecule has 0 fully saturated rings. The van der Waals surface area contributed by atoms with E-state index in [4.69, 9.17) is 0 Å². The number of anilines is 2. The molecule has 98 valence electrons. The van der Waals surface area contributed by atoms with Gasteiger partial charge in [-0.3, -0.25) is 9.36 Å². The molecule has 2 heterocycles. The van der Waals surface area contributed by atoms with Crippen molar-refractivity contribution in [1.29, 1.82) is 0 Å². The van der Waals surface area contributed by atoms with E-state index in [0.717, 1.165) is 11.4 Å². The number of hydrogen-bond acceptors (Lipinski definition) is 4. The van der Waals surface area contributed by atoms with Crippen molar-refractivity contribution in [2.45, 2.75) is 0 Å². The molecule has 0 amide bonds. The number of rotatable bonds is 3. The molecule has 3 rings (SSSR count). The van der Waals surface area contributed by atoms with Gasteiger partial charge in [0.2, 0.25) is 5.95 Å². The Morgan fingerprint density at radius 2 is 1.65 bits per heavy atom. The van der Waals surface area contributed by atoms with Crippen molar-refractivity contribution in [2.24, 2.45) is 0 Å². The van der Waals surface area contributed by atoms with Gasteiger partial charge in [-0.15, -0.1) is 0 Å². The predicted octanol–water partition coefficient (Wildman–Crippen LogP) is 2.37. The maximum atomic E-state index is 11.7. The molecule has 0 bridgehead atoms. The van der Waals surface area contributed by atoms with Crippen molar-refractivity contribution in [2.75, 3.05) is 5.32 Å². The van der Waals surface area contributed by atoms with E-state index in [-0.39, 0.29) is 5.56 Å². The molecular formula is C15H12N4O. The molecule has 0 aliphatic carbocycles. The lowest BCUT2D eigenvalue weighted by Crippen LogP contribution is -2.15. The minimum atomic E-state index is -0.0559. The lowest BCUT2D eigenvalue weighted by Gasteiger charge is -2.07. The van der Waals surface area contributed by atoms with Gasteiger partial charge >= 0.3 is 0 Å². The monoisotopic (exact) mass is 264 g/mol. The van der Waals surface area contributed by atoms with Gasteiger partial charge in [0.05, 0.1) is 0 Å². The zero-order chi connectivity index (χ0) is 13.8. The van der Waals surface area contributed by atoms with Gasteiger partial charge in [0.25, 0.3) is 5.56 Å². The van der Waals surface area contributed by atoms with Crippen molar-refractivity contribution in [1.82, 2.24) is 14.5 Å². The van der Waals surface area contributed by atoms with Crippen LogP contribution in [0.15, 0.2) is 71.9 Å². The van der Waals surface area contributed by atoms with Gasteiger partial charge in [0, 0.05) is 36.0 Å². The SMILES string of the molecule is O=c1ccccn1-c1ccc(Nc2ncccn2)cc1. The standard InChI is InChI=1S/C15H12N4O/c20-14-4-1-2-11-19(14)13-7-5-12(6-8-13)18-15-16-9-3-10-17-15/h1-11H,(H,16,17,18). The van der Waals surface area contributed by atoms with Crippen LogP contribution in [-0.4, -0.2) is 14.5 Å². The first kappa shape index (κ1) is 12.1. The van der Waals surface area contributed by atoms with Crippen molar-refractivity contribution >= 4 is 11.6 Å². The van der Waals surface area contributed by atoms with Crippen LogP contribution in [0.5, 0.6) is 0 Å². The van der Waals surface area contributed by atoms with Crippen molar-refractivity contribution in [3.05, 3.63) is 77.5 Å². The lowest BCUT2D eigenvalue weighted by atomic mass is 10.2. The summed E-state index contributed by atoms with van der Waals surface area (Å²) in [6.07, 6.45) is 5.09. The Labute approximate surface area is 115 Å². The first-order valence-electron chi connectivity index (χ1n) is 6.15. The van der Waals surface area contributed by atoms with Gasteiger partial charge in [-0.05, 0) is 36.4 Å². The van der Waals surface area contributed by atoms with Gasteiger partial charge in [-0.1, -0.05) is 6.07 Å². The molecule has 3 aromatic rings. The van der Waals surface area contributed by atoms with Crippen molar-refractivity contribution in [3.8, 4) is 5.69 Å². The fourth-order valence-electron chi connectivity index (χ4n) is 1.84. The van der Waals surface area contributed by atoms with Crippen LogP contribution < -0.4 is 10.9 Å². The summed E-state index contributed by atoms with van der Waals surface area (Å²) in [4.78, 5) is 19.9.